The summed E-state index contributed by atoms with van der Waals surface area (Å²) in [5.74, 6) is 0.188. The van der Waals surface area contributed by atoms with Crippen LogP contribution in [0.1, 0.15) is 24.5 Å². The van der Waals surface area contributed by atoms with Gasteiger partial charge in [0.1, 0.15) is 5.51 Å². The van der Waals surface area contributed by atoms with Crippen LogP contribution in [0.25, 0.3) is 0 Å². The number of rotatable bonds is 3. The lowest BCUT2D eigenvalue weighted by Gasteiger charge is -2.34. The van der Waals surface area contributed by atoms with Gasteiger partial charge in [-0.15, -0.1) is 10.2 Å². The van der Waals surface area contributed by atoms with Crippen molar-refractivity contribution >= 4 is 22.5 Å². The summed E-state index contributed by atoms with van der Waals surface area (Å²) in [5, 5.41) is 21.2. The maximum atomic E-state index is 12.1. The fourth-order valence-electron chi connectivity index (χ4n) is 2.74. The Bertz CT molecular complexity index is 597. The van der Waals surface area contributed by atoms with Crippen molar-refractivity contribution in [2.45, 2.75) is 18.9 Å². The minimum atomic E-state index is -0.463. The smallest absolute Gasteiger partial charge is 0.323 e. The van der Waals surface area contributed by atoms with Crippen LogP contribution >= 0.6 is 11.3 Å². The predicted molar refractivity (Wildman–Crippen MR) is 84.6 cm³/mol. The van der Waals surface area contributed by atoms with Crippen molar-refractivity contribution < 1.29 is 9.90 Å². The molecule has 0 radical (unpaired) electrons. The second-order valence-electron chi connectivity index (χ2n) is 5.35. The molecule has 22 heavy (non-hydrogen) atoms. The van der Waals surface area contributed by atoms with E-state index in [1.54, 1.807) is 10.4 Å². The molecular weight excluding hydrogens is 300 g/mol. The van der Waals surface area contributed by atoms with E-state index < -0.39 is 6.10 Å². The summed E-state index contributed by atoms with van der Waals surface area (Å²) in [6.07, 6.45) is 1.12. The summed E-state index contributed by atoms with van der Waals surface area (Å²) in [4.78, 5) is 13.9. The monoisotopic (exact) mass is 318 g/mol. The van der Waals surface area contributed by atoms with E-state index in [-0.39, 0.29) is 11.9 Å². The maximum absolute atomic E-state index is 12.1. The maximum Gasteiger partial charge on any atom is 0.323 e. The molecule has 2 N–H and O–H groups in total. The first-order valence-corrected chi connectivity index (χ1v) is 8.17. The molecule has 2 heterocycles. The fraction of sp³-hybridized carbons (Fsp3) is 0.400. The number of amides is 2. The molecule has 1 aliphatic rings. The van der Waals surface area contributed by atoms with Gasteiger partial charge in [-0.1, -0.05) is 41.7 Å². The molecule has 116 valence electrons. The molecule has 7 heteroatoms. The number of urea groups is 1. The molecule has 0 bridgehead atoms. The molecule has 1 aliphatic heterocycles. The molecule has 0 unspecified atom stereocenters. The van der Waals surface area contributed by atoms with E-state index in [2.05, 4.69) is 15.5 Å². The Balaban J connectivity index is 1.53. The molecule has 1 fully saturated rings. The molecule has 1 aromatic carbocycles. The summed E-state index contributed by atoms with van der Waals surface area (Å²) in [6.45, 7) is 1.28. The Morgan fingerprint density at radius 3 is 2.68 bits per heavy atom. The second-order valence-corrected chi connectivity index (χ2v) is 6.19. The number of nitrogens with zero attached hydrogens (tertiary/aromatic N) is 3. The fourth-order valence-corrected chi connectivity index (χ4v) is 3.17. The number of carbonyl (C=O) groups excluding carboxylic acids is 1. The number of aromatic nitrogens is 2. The zero-order valence-electron chi connectivity index (χ0n) is 12.1. The molecule has 0 saturated carbocycles. The highest BCUT2D eigenvalue weighted by molar-refractivity contribution is 7.13. The number of hydrogen-bond donors (Lipinski definition) is 2. The largest absolute Gasteiger partial charge is 0.388 e. The summed E-state index contributed by atoms with van der Waals surface area (Å²) in [6, 6.07) is 9.55. The van der Waals surface area contributed by atoms with Crippen molar-refractivity contribution in [2.24, 2.45) is 5.92 Å². The van der Waals surface area contributed by atoms with E-state index in [1.165, 1.54) is 11.3 Å². The molecular formula is C15H18N4O2S. The van der Waals surface area contributed by atoms with Crippen molar-refractivity contribution in [2.75, 3.05) is 18.4 Å². The molecule has 1 atom stereocenters. The van der Waals surface area contributed by atoms with Gasteiger partial charge in [0.05, 0.1) is 6.10 Å². The van der Waals surface area contributed by atoms with Crippen LogP contribution in [0.4, 0.5) is 9.93 Å². The van der Waals surface area contributed by atoms with Crippen molar-refractivity contribution in [3.8, 4) is 0 Å². The summed E-state index contributed by atoms with van der Waals surface area (Å²) < 4.78 is 0. The van der Waals surface area contributed by atoms with Gasteiger partial charge in [0.2, 0.25) is 5.13 Å². The number of carbonyl (C=O) groups is 1. The van der Waals surface area contributed by atoms with Crippen molar-refractivity contribution in [1.82, 2.24) is 15.1 Å². The third-order valence-electron chi connectivity index (χ3n) is 3.99. The van der Waals surface area contributed by atoms with E-state index in [0.29, 0.717) is 18.2 Å². The van der Waals surface area contributed by atoms with Gasteiger partial charge in [-0.2, -0.15) is 0 Å². The van der Waals surface area contributed by atoms with Gasteiger partial charge in [-0.05, 0) is 24.3 Å². The van der Waals surface area contributed by atoms with Crippen LogP contribution in [0.3, 0.4) is 0 Å². The van der Waals surface area contributed by atoms with Gasteiger partial charge in [0.15, 0.2) is 0 Å². The summed E-state index contributed by atoms with van der Waals surface area (Å²) in [5.41, 5.74) is 2.53. The van der Waals surface area contributed by atoms with Crippen LogP contribution in [-0.2, 0) is 0 Å². The number of piperidine rings is 1. The minimum Gasteiger partial charge on any atom is -0.388 e. The number of hydrogen-bond acceptors (Lipinski definition) is 5. The Morgan fingerprint density at radius 2 is 2.05 bits per heavy atom. The Hall–Kier alpha value is -1.99. The van der Waals surface area contributed by atoms with Gasteiger partial charge in [0, 0.05) is 13.1 Å². The van der Waals surface area contributed by atoms with Gasteiger partial charge >= 0.3 is 6.03 Å². The van der Waals surface area contributed by atoms with Crippen LogP contribution in [0.5, 0.6) is 0 Å². The standard InChI is InChI=1S/C15H18N4O2S/c20-13(11-4-2-1-3-5-11)12-6-8-19(9-7-12)15(21)17-14-18-16-10-22-14/h1-5,10,12-13,20H,6-9H2,(H,17,18,21)/t13-/m1/s1. The van der Waals surface area contributed by atoms with Crippen LogP contribution < -0.4 is 5.32 Å². The molecule has 2 amide bonds. The number of aliphatic hydroxyl groups excluding tert-OH is 1. The summed E-state index contributed by atoms with van der Waals surface area (Å²) in [7, 11) is 0. The first kappa shape index (κ1) is 14.9. The molecule has 6 nitrogen and oxygen atoms in total. The highest BCUT2D eigenvalue weighted by Crippen LogP contribution is 2.30. The Kier molecular flexibility index (Phi) is 4.65. The predicted octanol–water partition coefficient (Wildman–Crippen LogP) is 2.52. The Morgan fingerprint density at radius 1 is 1.32 bits per heavy atom. The molecule has 1 saturated heterocycles. The normalized spacial score (nSPS) is 17.2. The lowest BCUT2D eigenvalue weighted by Crippen LogP contribution is -2.42. The zero-order chi connectivity index (χ0) is 15.4. The lowest BCUT2D eigenvalue weighted by atomic mass is 9.87. The number of nitrogens with one attached hydrogen (secondary N) is 1. The van der Waals surface area contributed by atoms with E-state index in [9.17, 15) is 9.90 Å². The number of aliphatic hydroxyl groups is 1. The van der Waals surface area contributed by atoms with Crippen molar-refractivity contribution in [3.05, 3.63) is 41.4 Å². The van der Waals surface area contributed by atoms with Gasteiger partial charge < -0.3 is 10.0 Å². The lowest BCUT2D eigenvalue weighted by molar-refractivity contribution is 0.0683. The van der Waals surface area contributed by atoms with Gasteiger partial charge in [-0.25, -0.2) is 4.79 Å². The molecule has 0 aliphatic carbocycles. The molecule has 3 rings (SSSR count). The van der Waals surface area contributed by atoms with Crippen LogP contribution in [0, 0.1) is 5.92 Å². The van der Waals surface area contributed by atoms with E-state index in [0.717, 1.165) is 18.4 Å². The molecule has 1 aromatic heterocycles. The SMILES string of the molecule is O=C(Nc1nncs1)N1CCC([C@H](O)c2ccccc2)CC1. The average molecular weight is 318 g/mol. The molecule has 2 aromatic rings. The number of anilines is 1. The third kappa shape index (κ3) is 3.42. The number of benzene rings is 1. The highest BCUT2D eigenvalue weighted by atomic mass is 32.1. The van der Waals surface area contributed by atoms with Crippen LogP contribution in [0.2, 0.25) is 0 Å². The van der Waals surface area contributed by atoms with E-state index in [1.807, 2.05) is 30.3 Å². The second kappa shape index (κ2) is 6.85. The van der Waals surface area contributed by atoms with Crippen LogP contribution in [0.15, 0.2) is 35.8 Å². The zero-order valence-corrected chi connectivity index (χ0v) is 12.9. The average Bonchev–Trinajstić information content (AvgIpc) is 3.08. The highest BCUT2D eigenvalue weighted by Gasteiger charge is 2.28. The number of likely N-dealkylation sites (tertiary alicyclic amines) is 1. The van der Waals surface area contributed by atoms with Gasteiger partial charge in [-0.3, -0.25) is 5.32 Å². The van der Waals surface area contributed by atoms with E-state index >= 15 is 0 Å². The molecule has 0 spiro atoms. The summed E-state index contributed by atoms with van der Waals surface area (Å²) >= 11 is 1.30. The van der Waals surface area contributed by atoms with Crippen molar-refractivity contribution in [1.29, 1.82) is 0 Å². The first-order chi connectivity index (χ1) is 10.7. The van der Waals surface area contributed by atoms with Crippen LogP contribution in [-0.4, -0.2) is 39.3 Å². The Labute approximate surface area is 132 Å². The van der Waals surface area contributed by atoms with E-state index in [4.69, 9.17) is 0 Å². The quantitative estimate of drug-likeness (QED) is 0.911. The topological polar surface area (TPSA) is 78.4 Å². The van der Waals surface area contributed by atoms with Gasteiger partial charge in [0.25, 0.3) is 0 Å². The third-order valence-corrected chi connectivity index (χ3v) is 4.60. The first-order valence-electron chi connectivity index (χ1n) is 7.29. The minimum absolute atomic E-state index is 0.149. The van der Waals surface area contributed by atoms with Crippen molar-refractivity contribution in [3.63, 3.8) is 0 Å².